The number of hydrogen-bond acceptors (Lipinski definition) is 6. The highest BCUT2D eigenvalue weighted by Gasteiger charge is 2.45. The summed E-state index contributed by atoms with van der Waals surface area (Å²) < 4.78 is 134. The molecular formula is C21H18Cl2F9N3O4. The van der Waals surface area contributed by atoms with Crippen molar-refractivity contribution in [3.05, 3.63) is 49.4 Å². The fourth-order valence-electron chi connectivity index (χ4n) is 3.32. The van der Waals surface area contributed by atoms with Gasteiger partial charge in [0.25, 0.3) is 5.56 Å². The van der Waals surface area contributed by atoms with Crippen molar-refractivity contribution >= 4 is 40.8 Å². The fourth-order valence-corrected chi connectivity index (χ4v) is 3.87. The fraction of sp³-hybridized carbons (Fsp3) is 0.476. The first-order valence-electron chi connectivity index (χ1n) is 10.5. The molecule has 2 aromatic rings. The summed E-state index contributed by atoms with van der Waals surface area (Å²) in [6, 6.07) is -1.46. The second kappa shape index (κ2) is 11.4. The Hall–Kier alpha value is -2.72. The van der Waals surface area contributed by atoms with E-state index in [1.807, 2.05) is 0 Å². The van der Waals surface area contributed by atoms with Gasteiger partial charge < -0.3 is 9.47 Å². The molecule has 1 heterocycles. The van der Waals surface area contributed by atoms with Gasteiger partial charge in [-0.2, -0.15) is 39.5 Å². The number of alkyl halides is 9. The molecule has 0 saturated carbocycles. The van der Waals surface area contributed by atoms with E-state index in [9.17, 15) is 49.1 Å². The minimum atomic E-state index is -5.51. The third kappa shape index (κ3) is 6.72. The SMILES string of the molecule is CCOC(C(=O)OC)N(c1cc(C(F)(F)F)cc(C(F)(F)F)c1Cl)c1nc(C(F)(F)F)c(Cl)c(=O)n1C(C)C. The van der Waals surface area contributed by atoms with Crippen molar-refractivity contribution in [2.24, 2.45) is 0 Å². The number of methoxy groups -OCH3 is 1. The second-order valence-corrected chi connectivity index (χ2v) is 8.65. The number of nitrogens with zero attached hydrogens (tertiary/aromatic N) is 3. The summed E-state index contributed by atoms with van der Waals surface area (Å²) in [5.41, 5.74) is -8.93. The number of ether oxygens (including phenoxy) is 2. The van der Waals surface area contributed by atoms with Crippen LogP contribution in [0.25, 0.3) is 0 Å². The highest BCUT2D eigenvalue weighted by molar-refractivity contribution is 6.34. The third-order valence-corrected chi connectivity index (χ3v) is 5.69. The molecule has 0 aliphatic carbocycles. The van der Waals surface area contributed by atoms with Crippen LogP contribution >= 0.6 is 23.2 Å². The van der Waals surface area contributed by atoms with E-state index < -0.39 is 87.4 Å². The number of rotatable bonds is 7. The number of carbonyl (C=O) groups excluding carboxylic acids is 1. The van der Waals surface area contributed by atoms with Gasteiger partial charge in [-0.1, -0.05) is 23.2 Å². The monoisotopic (exact) mass is 617 g/mol. The van der Waals surface area contributed by atoms with Gasteiger partial charge in [-0.3, -0.25) is 14.3 Å². The smallest absolute Gasteiger partial charge is 0.435 e. The maximum atomic E-state index is 13.8. The van der Waals surface area contributed by atoms with Crippen molar-refractivity contribution in [2.45, 2.75) is 51.6 Å². The quantitative estimate of drug-likeness (QED) is 0.192. The normalized spacial score (nSPS) is 13.5. The van der Waals surface area contributed by atoms with Crippen LogP contribution in [-0.4, -0.2) is 35.5 Å². The zero-order chi connectivity index (χ0) is 30.2. The first-order chi connectivity index (χ1) is 17.7. The Morgan fingerprint density at radius 1 is 1.00 bits per heavy atom. The molecule has 0 bridgehead atoms. The van der Waals surface area contributed by atoms with Gasteiger partial charge in [0.1, 0.15) is 5.02 Å². The Labute approximate surface area is 224 Å². The van der Waals surface area contributed by atoms with E-state index in [-0.39, 0.29) is 17.0 Å². The number of esters is 1. The summed E-state index contributed by atoms with van der Waals surface area (Å²) in [5, 5.41) is -2.92. The van der Waals surface area contributed by atoms with Gasteiger partial charge >= 0.3 is 24.5 Å². The first-order valence-corrected chi connectivity index (χ1v) is 11.3. The average Bonchev–Trinajstić information content (AvgIpc) is 2.78. The average molecular weight is 618 g/mol. The second-order valence-electron chi connectivity index (χ2n) is 7.89. The maximum Gasteiger partial charge on any atom is 0.435 e. The molecule has 1 aromatic heterocycles. The number of anilines is 2. The molecule has 0 radical (unpaired) electrons. The number of hydrogen-bond donors (Lipinski definition) is 0. The van der Waals surface area contributed by atoms with Crippen LogP contribution in [0, 0.1) is 0 Å². The van der Waals surface area contributed by atoms with E-state index in [4.69, 9.17) is 27.9 Å². The van der Waals surface area contributed by atoms with Crippen LogP contribution in [0.3, 0.4) is 0 Å². The predicted octanol–water partition coefficient (Wildman–Crippen LogP) is 6.86. The van der Waals surface area contributed by atoms with Crippen LogP contribution < -0.4 is 10.5 Å². The Kier molecular flexibility index (Phi) is 9.51. The Bertz CT molecular complexity index is 1290. The summed E-state index contributed by atoms with van der Waals surface area (Å²) in [7, 11) is 0.757. The van der Waals surface area contributed by atoms with Gasteiger partial charge in [0.05, 0.1) is 28.9 Å². The van der Waals surface area contributed by atoms with E-state index in [0.717, 1.165) is 7.11 Å². The van der Waals surface area contributed by atoms with Crippen LogP contribution in [-0.2, 0) is 32.8 Å². The molecule has 0 aliphatic rings. The molecule has 7 nitrogen and oxygen atoms in total. The topological polar surface area (TPSA) is 73.7 Å². The molecule has 1 unspecified atom stereocenters. The molecule has 0 N–H and O–H groups in total. The minimum Gasteiger partial charge on any atom is -0.466 e. The maximum absolute atomic E-state index is 13.8. The molecule has 0 fully saturated rings. The molecule has 1 aromatic carbocycles. The van der Waals surface area contributed by atoms with E-state index in [1.54, 1.807) is 0 Å². The van der Waals surface area contributed by atoms with Crippen LogP contribution in [0.2, 0.25) is 10.0 Å². The van der Waals surface area contributed by atoms with E-state index in [2.05, 4.69) is 9.72 Å². The first kappa shape index (κ1) is 32.5. The Balaban J connectivity index is 3.27. The van der Waals surface area contributed by atoms with E-state index in [0.29, 0.717) is 4.57 Å². The molecule has 1 atom stereocenters. The summed E-state index contributed by atoms with van der Waals surface area (Å²) in [5.74, 6) is -2.75. The summed E-state index contributed by atoms with van der Waals surface area (Å²) in [4.78, 5) is 28.9. The van der Waals surface area contributed by atoms with Crippen molar-refractivity contribution in [1.82, 2.24) is 9.55 Å². The van der Waals surface area contributed by atoms with Crippen molar-refractivity contribution < 1.29 is 53.8 Å². The molecular weight excluding hydrogens is 600 g/mol. The van der Waals surface area contributed by atoms with Crippen LogP contribution in [0.4, 0.5) is 51.1 Å². The Morgan fingerprint density at radius 2 is 1.56 bits per heavy atom. The lowest BCUT2D eigenvalue weighted by Gasteiger charge is -2.34. The molecule has 0 amide bonds. The number of benzene rings is 1. The number of carbonyl (C=O) groups is 1. The number of halogens is 11. The molecule has 0 saturated heterocycles. The lowest BCUT2D eigenvalue weighted by atomic mass is 10.1. The molecule has 0 spiro atoms. The molecule has 0 aliphatic heterocycles. The van der Waals surface area contributed by atoms with Crippen molar-refractivity contribution in [3.63, 3.8) is 0 Å². The highest BCUT2D eigenvalue weighted by atomic mass is 35.5. The van der Waals surface area contributed by atoms with E-state index in [1.165, 1.54) is 20.8 Å². The molecule has 2 rings (SSSR count). The lowest BCUT2D eigenvalue weighted by Crippen LogP contribution is -2.45. The van der Waals surface area contributed by atoms with Crippen LogP contribution in [0.15, 0.2) is 16.9 Å². The summed E-state index contributed by atoms with van der Waals surface area (Å²) in [6.07, 6.45) is -18.7. The van der Waals surface area contributed by atoms with Gasteiger partial charge in [0.2, 0.25) is 12.2 Å². The standard InChI is InChI=1S/C21H18Cl2F9N3O4/c1-5-39-16(17(37)38-4)35(11-7-9(19(24,25)26)6-10(12(11)22)20(27,28)29)18-33-14(21(30,31)32)13(23)15(36)34(18)8(2)3/h6-8,16H,5H2,1-4H3. The van der Waals surface area contributed by atoms with Gasteiger partial charge in [-0.15, -0.1) is 0 Å². The van der Waals surface area contributed by atoms with Crippen LogP contribution in [0.1, 0.15) is 43.6 Å². The lowest BCUT2D eigenvalue weighted by molar-refractivity contribution is -0.153. The molecule has 18 heteroatoms. The van der Waals surface area contributed by atoms with Crippen LogP contribution in [0.5, 0.6) is 0 Å². The van der Waals surface area contributed by atoms with Gasteiger partial charge in [0, 0.05) is 12.6 Å². The largest absolute Gasteiger partial charge is 0.466 e. The number of aromatic nitrogens is 2. The van der Waals surface area contributed by atoms with Crippen molar-refractivity contribution in [3.8, 4) is 0 Å². The zero-order valence-corrected chi connectivity index (χ0v) is 21.7. The Morgan fingerprint density at radius 3 is 1.97 bits per heavy atom. The highest BCUT2D eigenvalue weighted by Crippen LogP contribution is 2.46. The van der Waals surface area contributed by atoms with E-state index >= 15 is 0 Å². The van der Waals surface area contributed by atoms with Crippen molar-refractivity contribution in [2.75, 3.05) is 18.6 Å². The van der Waals surface area contributed by atoms with Gasteiger partial charge in [0.15, 0.2) is 5.69 Å². The third-order valence-electron chi connectivity index (χ3n) is 4.95. The van der Waals surface area contributed by atoms with Gasteiger partial charge in [-0.05, 0) is 32.9 Å². The van der Waals surface area contributed by atoms with Crippen molar-refractivity contribution in [1.29, 1.82) is 0 Å². The summed E-state index contributed by atoms with van der Waals surface area (Å²) >= 11 is 11.5. The summed E-state index contributed by atoms with van der Waals surface area (Å²) in [6.45, 7) is 3.22. The molecule has 39 heavy (non-hydrogen) atoms. The van der Waals surface area contributed by atoms with Gasteiger partial charge in [-0.25, -0.2) is 9.78 Å². The minimum absolute atomic E-state index is 0.0330. The molecule has 218 valence electrons. The zero-order valence-electron chi connectivity index (χ0n) is 20.1. The predicted molar refractivity (Wildman–Crippen MR) is 120 cm³/mol.